The van der Waals surface area contributed by atoms with E-state index in [-0.39, 0.29) is 0 Å². The number of hydrogen-bond acceptors (Lipinski definition) is 3. The van der Waals surface area contributed by atoms with Crippen molar-refractivity contribution in [3.05, 3.63) is 47.8 Å². The Kier molecular flexibility index (Phi) is 5.37. The first kappa shape index (κ1) is 16.7. The fourth-order valence-corrected chi connectivity index (χ4v) is 3.65. The highest BCUT2D eigenvalue weighted by Crippen LogP contribution is 2.19. The molecule has 0 radical (unpaired) electrons. The predicted octanol–water partition coefficient (Wildman–Crippen LogP) is 2.66. The molecule has 1 aromatic heterocycles. The van der Waals surface area contributed by atoms with Crippen LogP contribution in [0.1, 0.15) is 31.0 Å². The smallest absolute Gasteiger partial charge is 0.246 e. The van der Waals surface area contributed by atoms with Crippen molar-refractivity contribution in [2.24, 2.45) is 0 Å². The lowest BCUT2D eigenvalue weighted by molar-refractivity contribution is 0.459. The summed E-state index contributed by atoms with van der Waals surface area (Å²) in [7, 11) is -1.84. The number of aryl methyl sites for hydroxylation is 1. The van der Waals surface area contributed by atoms with E-state index in [0.29, 0.717) is 23.7 Å². The topological polar surface area (TPSA) is 55.2 Å². The third-order valence-corrected chi connectivity index (χ3v) is 5.56. The van der Waals surface area contributed by atoms with E-state index in [1.54, 1.807) is 24.9 Å². The molecule has 120 valence electrons. The van der Waals surface area contributed by atoms with E-state index >= 15 is 0 Å². The molecule has 0 N–H and O–H groups in total. The Balaban J connectivity index is 2.22. The second-order valence-electron chi connectivity index (χ2n) is 5.44. The van der Waals surface area contributed by atoms with Crippen molar-refractivity contribution < 1.29 is 8.42 Å². The second-order valence-corrected chi connectivity index (χ2v) is 7.46. The molecule has 2 aromatic rings. The van der Waals surface area contributed by atoms with Crippen molar-refractivity contribution in [2.45, 2.75) is 38.1 Å². The molecule has 22 heavy (non-hydrogen) atoms. The maximum absolute atomic E-state index is 12.6. The quantitative estimate of drug-likeness (QED) is 0.788. The molecule has 6 heteroatoms. The highest BCUT2D eigenvalue weighted by molar-refractivity contribution is 7.89. The average Bonchev–Trinajstić information content (AvgIpc) is 2.87. The number of unbranched alkanes of at least 4 members (excludes halogenated alkanes) is 1. The molecule has 1 aromatic carbocycles. The van der Waals surface area contributed by atoms with Crippen LogP contribution in [0.2, 0.25) is 0 Å². The van der Waals surface area contributed by atoms with Gasteiger partial charge in [0, 0.05) is 19.8 Å². The zero-order valence-corrected chi connectivity index (χ0v) is 14.2. The van der Waals surface area contributed by atoms with Gasteiger partial charge in [0.1, 0.15) is 4.90 Å². The van der Waals surface area contributed by atoms with Crippen molar-refractivity contribution in [1.29, 1.82) is 0 Å². The van der Waals surface area contributed by atoms with Gasteiger partial charge in [0.15, 0.2) is 0 Å². The summed E-state index contributed by atoms with van der Waals surface area (Å²) >= 11 is 0. The molecule has 0 saturated carbocycles. The Morgan fingerprint density at radius 2 is 1.91 bits per heavy atom. The Hall–Kier alpha value is -1.66. The van der Waals surface area contributed by atoms with E-state index in [9.17, 15) is 8.42 Å². The molecule has 0 saturated heterocycles. The summed E-state index contributed by atoms with van der Waals surface area (Å²) in [5.41, 5.74) is 1.63. The van der Waals surface area contributed by atoms with Crippen LogP contribution in [0.3, 0.4) is 0 Å². The molecule has 0 atom stereocenters. The summed E-state index contributed by atoms with van der Waals surface area (Å²) in [5.74, 6) is 0. The average molecular weight is 321 g/mol. The minimum Gasteiger partial charge on any atom is -0.267 e. The molecule has 0 spiro atoms. The molecule has 0 amide bonds. The van der Waals surface area contributed by atoms with Crippen LogP contribution in [0.15, 0.2) is 41.4 Å². The summed E-state index contributed by atoms with van der Waals surface area (Å²) < 4.78 is 28.3. The maximum Gasteiger partial charge on any atom is 0.246 e. The minimum atomic E-state index is -3.46. The lowest BCUT2D eigenvalue weighted by Crippen LogP contribution is -2.28. The first-order valence-corrected chi connectivity index (χ1v) is 8.93. The summed E-state index contributed by atoms with van der Waals surface area (Å²) in [4.78, 5) is 0.294. The van der Waals surface area contributed by atoms with Crippen LogP contribution in [-0.4, -0.2) is 36.1 Å². The molecule has 0 fully saturated rings. The molecule has 2 rings (SSSR count). The van der Waals surface area contributed by atoms with Crippen LogP contribution in [0.5, 0.6) is 0 Å². The van der Waals surface area contributed by atoms with Crippen LogP contribution in [0, 0.1) is 6.92 Å². The Labute approximate surface area is 132 Å². The van der Waals surface area contributed by atoms with E-state index in [1.165, 1.54) is 4.31 Å². The fourth-order valence-electron chi connectivity index (χ4n) is 2.27. The summed E-state index contributed by atoms with van der Waals surface area (Å²) in [6.45, 7) is 4.88. The maximum atomic E-state index is 12.6. The monoisotopic (exact) mass is 321 g/mol. The number of sulfonamides is 1. The molecule has 0 aliphatic carbocycles. The van der Waals surface area contributed by atoms with Crippen LogP contribution in [0.4, 0.5) is 0 Å². The number of benzene rings is 1. The lowest BCUT2D eigenvalue weighted by Gasteiger charge is -2.15. The Morgan fingerprint density at radius 3 is 2.55 bits per heavy atom. The zero-order chi connectivity index (χ0) is 16.2. The molecular formula is C16H23N3O2S. The number of nitrogens with zero attached hydrogens (tertiary/aromatic N) is 3. The third-order valence-electron chi connectivity index (χ3n) is 3.60. The molecule has 5 nitrogen and oxygen atoms in total. The van der Waals surface area contributed by atoms with Gasteiger partial charge in [-0.05, 0) is 18.9 Å². The summed E-state index contributed by atoms with van der Waals surface area (Å²) in [6, 6.07) is 9.87. The van der Waals surface area contributed by atoms with Gasteiger partial charge >= 0.3 is 0 Å². The van der Waals surface area contributed by atoms with Crippen molar-refractivity contribution >= 4 is 10.0 Å². The van der Waals surface area contributed by atoms with Crippen molar-refractivity contribution in [2.75, 3.05) is 13.6 Å². The van der Waals surface area contributed by atoms with Crippen LogP contribution in [0.25, 0.3) is 0 Å². The van der Waals surface area contributed by atoms with Gasteiger partial charge in [-0.25, -0.2) is 12.7 Å². The van der Waals surface area contributed by atoms with E-state index in [2.05, 4.69) is 5.10 Å². The van der Waals surface area contributed by atoms with Gasteiger partial charge in [-0.3, -0.25) is 4.68 Å². The van der Waals surface area contributed by atoms with Crippen molar-refractivity contribution in [3.63, 3.8) is 0 Å². The molecule has 1 heterocycles. The van der Waals surface area contributed by atoms with Gasteiger partial charge in [-0.15, -0.1) is 0 Å². The largest absolute Gasteiger partial charge is 0.267 e. The summed E-state index contributed by atoms with van der Waals surface area (Å²) in [5, 5.41) is 4.35. The van der Waals surface area contributed by atoms with Crippen molar-refractivity contribution in [3.8, 4) is 0 Å². The highest BCUT2D eigenvalue weighted by atomic mass is 32.2. The molecule has 0 aliphatic rings. The molecular weight excluding hydrogens is 298 g/mol. The van der Waals surface area contributed by atoms with Gasteiger partial charge in [-0.1, -0.05) is 43.7 Å². The van der Waals surface area contributed by atoms with Gasteiger partial charge < -0.3 is 0 Å². The van der Waals surface area contributed by atoms with E-state index in [1.807, 2.05) is 37.3 Å². The predicted molar refractivity (Wildman–Crippen MR) is 87.2 cm³/mol. The first-order chi connectivity index (χ1) is 10.4. The lowest BCUT2D eigenvalue weighted by atomic mass is 10.2. The number of aromatic nitrogens is 2. The summed E-state index contributed by atoms with van der Waals surface area (Å²) in [6.07, 6.45) is 3.44. The fraction of sp³-hybridized carbons (Fsp3) is 0.438. The SMILES string of the molecule is CCCCN(C)S(=O)(=O)c1cn(Cc2ccccc2)nc1C. The van der Waals surface area contributed by atoms with E-state index in [4.69, 9.17) is 0 Å². The van der Waals surface area contributed by atoms with Crippen LogP contribution in [-0.2, 0) is 16.6 Å². The van der Waals surface area contributed by atoms with Gasteiger partial charge in [0.05, 0.1) is 12.2 Å². The van der Waals surface area contributed by atoms with Gasteiger partial charge in [-0.2, -0.15) is 5.10 Å². The number of hydrogen-bond donors (Lipinski definition) is 0. The van der Waals surface area contributed by atoms with Crippen molar-refractivity contribution in [1.82, 2.24) is 14.1 Å². The van der Waals surface area contributed by atoms with E-state index in [0.717, 1.165) is 18.4 Å². The Morgan fingerprint density at radius 1 is 1.23 bits per heavy atom. The zero-order valence-electron chi connectivity index (χ0n) is 13.4. The second kappa shape index (κ2) is 7.07. The van der Waals surface area contributed by atoms with Gasteiger partial charge in [0.25, 0.3) is 0 Å². The third kappa shape index (κ3) is 3.75. The molecule has 0 aliphatic heterocycles. The minimum absolute atomic E-state index is 0.294. The Bertz CT molecular complexity index is 708. The van der Waals surface area contributed by atoms with Gasteiger partial charge in [0.2, 0.25) is 10.0 Å². The molecule has 0 bridgehead atoms. The first-order valence-electron chi connectivity index (χ1n) is 7.49. The highest BCUT2D eigenvalue weighted by Gasteiger charge is 2.24. The normalized spacial score (nSPS) is 12.0. The number of rotatable bonds is 7. The van der Waals surface area contributed by atoms with Crippen LogP contribution < -0.4 is 0 Å². The van der Waals surface area contributed by atoms with Crippen LogP contribution >= 0.6 is 0 Å². The standard InChI is InChI=1S/C16H23N3O2S/c1-4-5-11-18(3)22(20,21)16-13-19(17-14(16)2)12-15-9-7-6-8-10-15/h6-10,13H,4-5,11-12H2,1-3H3. The molecule has 0 unspecified atom stereocenters. The van der Waals surface area contributed by atoms with E-state index < -0.39 is 10.0 Å².